The van der Waals surface area contributed by atoms with Gasteiger partial charge in [0, 0.05) is 27.5 Å². The highest BCUT2D eigenvalue weighted by atomic mass is 16.3. The van der Waals surface area contributed by atoms with Crippen LogP contribution in [0, 0.1) is 0 Å². The van der Waals surface area contributed by atoms with Gasteiger partial charge in [0.05, 0.1) is 0 Å². The second-order valence-corrected chi connectivity index (χ2v) is 16.4. The van der Waals surface area contributed by atoms with Crippen LogP contribution in [-0.2, 0) is 0 Å². The lowest BCUT2D eigenvalue weighted by Gasteiger charge is -2.12. The van der Waals surface area contributed by atoms with Crippen LogP contribution in [0.2, 0.25) is 0 Å². The first-order chi connectivity index (χ1) is 32.2. The van der Waals surface area contributed by atoms with Crippen LogP contribution in [0.15, 0.2) is 241 Å². The van der Waals surface area contributed by atoms with Crippen molar-refractivity contribution >= 4 is 32.7 Å². The minimum absolute atomic E-state index is 0.614. The molecule has 0 radical (unpaired) electrons. The lowest BCUT2D eigenvalue weighted by Crippen LogP contribution is -2.00. The zero-order valence-electron chi connectivity index (χ0n) is 35.3. The molecule has 2 aromatic heterocycles. The maximum Gasteiger partial charge on any atom is 0.164 e. The molecule has 4 heteroatoms. The van der Waals surface area contributed by atoms with Crippen LogP contribution in [-0.4, -0.2) is 15.0 Å². The molecule has 0 aliphatic heterocycles. The van der Waals surface area contributed by atoms with Gasteiger partial charge in [0.1, 0.15) is 11.2 Å². The zero-order chi connectivity index (χ0) is 43.1. The average molecular weight is 830 g/mol. The summed E-state index contributed by atoms with van der Waals surface area (Å²) in [6.07, 6.45) is 0. The summed E-state index contributed by atoms with van der Waals surface area (Å²) in [6, 6.07) is 83.0. The summed E-state index contributed by atoms with van der Waals surface area (Å²) in [5.74, 6) is 1.86. The van der Waals surface area contributed by atoms with Crippen molar-refractivity contribution in [3.05, 3.63) is 237 Å². The lowest BCUT2D eigenvalue weighted by molar-refractivity contribution is 0.669. The summed E-state index contributed by atoms with van der Waals surface area (Å²) < 4.78 is 6.31. The van der Waals surface area contributed by atoms with Crippen molar-refractivity contribution in [1.29, 1.82) is 0 Å². The van der Waals surface area contributed by atoms with Gasteiger partial charge in [-0.25, -0.2) is 15.0 Å². The molecule has 0 atom stereocenters. The lowest BCUT2D eigenvalue weighted by atomic mass is 9.95. The minimum atomic E-state index is 0.614. The van der Waals surface area contributed by atoms with E-state index >= 15 is 0 Å². The van der Waals surface area contributed by atoms with Gasteiger partial charge in [0.15, 0.2) is 17.5 Å². The summed E-state index contributed by atoms with van der Waals surface area (Å²) in [7, 11) is 0. The van der Waals surface area contributed by atoms with E-state index in [4.69, 9.17) is 19.4 Å². The molecule has 0 spiro atoms. The Morgan fingerprint density at radius 1 is 0.231 bits per heavy atom. The Balaban J connectivity index is 0.902. The molecule has 0 N–H and O–H groups in total. The third kappa shape index (κ3) is 7.33. The highest BCUT2D eigenvalue weighted by Gasteiger charge is 2.16. The van der Waals surface area contributed by atoms with Gasteiger partial charge < -0.3 is 4.42 Å². The van der Waals surface area contributed by atoms with Crippen LogP contribution in [0.3, 0.4) is 0 Å². The van der Waals surface area contributed by atoms with Crippen LogP contribution >= 0.6 is 0 Å². The number of hydrogen-bond acceptors (Lipinski definition) is 4. The molecule has 0 unspecified atom stereocenters. The highest BCUT2D eigenvalue weighted by molar-refractivity contribution is 6.19. The van der Waals surface area contributed by atoms with Gasteiger partial charge in [-0.1, -0.05) is 194 Å². The van der Waals surface area contributed by atoms with Gasteiger partial charge in [-0.15, -0.1) is 0 Å². The molecule has 65 heavy (non-hydrogen) atoms. The van der Waals surface area contributed by atoms with Crippen molar-refractivity contribution in [2.45, 2.75) is 0 Å². The number of nitrogens with zero attached hydrogens (tertiary/aromatic N) is 3. The predicted molar refractivity (Wildman–Crippen MR) is 268 cm³/mol. The monoisotopic (exact) mass is 829 g/mol. The first kappa shape index (κ1) is 38.0. The fourth-order valence-corrected chi connectivity index (χ4v) is 9.00. The van der Waals surface area contributed by atoms with Crippen LogP contribution in [0.1, 0.15) is 0 Å². The SMILES string of the molecule is c1ccc(-c2ccc(-c3nc(-c4cccc(-c5ccccc5)c4)nc(-c4cccc(-c5cccc(-c6cccc(-c7ccc8oc9ccc%10ccccc%10c9c8c7)c6)c5)c4)n3)cc2)cc1. The second kappa shape index (κ2) is 16.2. The number of furan rings is 1. The molecule has 0 aliphatic rings. The Bertz CT molecular complexity index is 3710. The van der Waals surface area contributed by atoms with Crippen LogP contribution in [0.5, 0.6) is 0 Å². The quantitative estimate of drug-likeness (QED) is 0.153. The van der Waals surface area contributed by atoms with Gasteiger partial charge in [-0.05, 0) is 109 Å². The molecule has 4 nitrogen and oxygen atoms in total. The number of rotatable bonds is 8. The molecule has 0 saturated heterocycles. The van der Waals surface area contributed by atoms with Crippen molar-refractivity contribution in [2.24, 2.45) is 0 Å². The van der Waals surface area contributed by atoms with E-state index in [1.54, 1.807) is 0 Å². The summed E-state index contributed by atoms with van der Waals surface area (Å²) in [4.78, 5) is 15.4. The standard InChI is InChI=1S/C61H39N3O/c1-3-13-40(14-4-1)42-27-29-44(30-28-42)59-62-60(52-24-11-18-45(37-52)41-15-5-2-6-16-41)64-61(63-59)53-25-12-23-50(38-53)48-21-9-19-46(35-48)47-20-10-22-49(36-47)51-32-33-56-55(39-51)58-54-26-8-7-17-43(54)31-34-57(58)65-56/h1-39H. The Hall–Kier alpha value is -8.73. The Kier molecular flexibility index (Phi) is 9.46. The van der Waals surface area contributed by atoms with E-state index in [1.165, 1.54) is 10.8 Å². The van der Waals surface area contributed by atoms with Crippen molar-refractivity contribution in [3.63, 3.8) is 0 Å². The predicted octanol–water partition coefficient (Wildman–Crippen LogP) is 16.3. The third-order valence-electron chi connectivity index (χ3n) is 12.3. The van der Waals surface area contributed by atoms with Gasteiger partial charge >= 0.3 is 0 Å². The van der Waals surface area contributed by atoms with Gasteiger partial charge in [-0.3, -0.25) is 0 Å². The fourth-order valence-electron chi connectivity index (χ4n) is 9.00. The molecule has 0 saturated carbocycles. The van der Waals surface area contributed by atoms with Gasteiger partial charge in [0.2, 0.25) is 0 Å². The molecule has 0 fully saturated rings. The maximum atomic E-state index is 6.31. The molecule has 0 bridgehead atoms. The van der Waals surface area contributed by atoms with E-state index in [-0.39, 0.29) is 0 Å². The molecule has 304 valence electrons. The van der Waals surface area contributed by atoms with Crippen molar-refractivity contribution in [2.75, 3.05) is 0 Å². The average Bonchev–Trinajstić information content (AvgIpc) is 3.78. The molecule has 10 aromatic carbocycles. The summed E-state index contributed by atoms with van der Waals surface area (Å²) in [5, 5.41) is 4.69. The van der Waals surface area contributed by atoms with Crippen molar-refractivity contribution < 1.29 is 4.42 Å². The number of benzene rings is 10. The van der Waals surface area contributed by atoms with E-state index < -0.39 is 0 Å². The van der Waals surface area contributed by atoms with Gasteiger partial charge in [0.25, 0.3) is 0 Å². The number of hydrogen-bond donors (Lipinski definition) is 0. The zero-order valence-corrected chi connectivity index (χ0v) is 35.3. The Morgan fingerprint density at radius 3 is 1.17 bits per heavy atom. The van der Waals surface area contributed by atoms with E-state index in [2.05, 4.69) is 224 Å². The second-order valence-electron chi connectivity index (χ2n) is 16.4. The van der Waals surface area contributed by atoms with E-state index in [1.807, 2.05) is 12.1 Å². The van der Waals surface area contributed by atoms with Crippen LogP contribution < -0.4 is 0 Å². The number of aromatic nitrogens is 3. The van der Waals surface area contributed by atoms with Gasteiger partial charge in [-0.2, -0.15) is 0 Å². The Morgan fingerprint density at radius 2 is 0.600 bits per heavy atom. The van der Waals surface area contributed by atoms with Crippen LogP contribution in [0.25, 0.3) is 123 Å². The molecule has 12 aromatic rings. The highest BCUT2D eigenvalue weighted by Crippen LogP contribution is 2.38. The minimum Gasteiger partial charge on any atom is -0.456 e. The van der Waals surface area contributed by atoms with E-state index in [0.29, 0.717) is 17.5 Å². The first-order valence-electron chi connectivity index (χ1n) is 21.9. The normalized spacial score (nSPS) is 11.4. The number of fused-ring (bicyclic) bond motifs is 5. The topological polar surface area (TPSA) is 51.8 Å². The summed E-state index contributed by atoms with van der Waals surface area (Å²) in [5.41, 5.74) is 15.9. The molecule has 0 aliphatic carbocycles. The molecule has 2 heterocycles. The maximum absolute atomic E-state index is 6.31. The fraction of sp³-hybridized carbons (Fsp3) is 0. The first-order valence-corrected chi connectivity index (χ1v) is 21.9. The molecular formula is C61H39N3O. The third-order valence-corrected chi connectivity index (χ3v) is 12.3. The van der Waals surface area contributed by atoms with E-state index in [0.717, 1.165) is 94.3 Å². The largest absolute Gasteiger partial charge is 0.456 e. The van der Waals surface area contributed by atoms with Crippen LogP contribution in [0.4, 0.5) is 0 Å². The van der Waals surface area contributed by atoms with Crippen molar-refractivity contribution in [3.8, 4) is 89.8 Å². The molecule has 0 amide bonds. The molecular weight excluding hydrogens is 791 g/mol. The summed E-state index contributed by atoms with van der Waals surface area (Å²) >= 11 is 0. The summed E-state index contributed by atoms with van der Waals surface area (Å²) in [6.45, 7) is 0. The van der Waals surface area contributed by atoms with Crippen molar-refractivity contribution in [1.82, 2.24) is 15.0 Å². The van der Waals surface area contributed by atoms with E-state index in [9.17, 15) is 0 Å². The Labute approximate surface area is 376 Å². The smallest absolute Gasteiger partial charge is 0.164 e. The molecule has 12 rings (SSSR count).